The summed E-state index contributed by atoms with van der Waals surface area (Å²) in [4.78, 5) is 11.4. The predicted molar refractivity (Wildman–Crippen MR) is 83.8 cm³/mol. The highest BCUT2D eigenvalue weighted by Gasteiger charge is 2.39. The molecule has 1 unspecified atom stereocenters. The van der Waals surface area contributed by atoms with E-state index in [-0.39, 0.29) is 6.10 Å². The van der Waals surface area contributed by atoms with Gasteiger partial charge in [-0.2, -0.15) is 0 Å². The van der Waals surface area contributed by atoms with Crippen LogP contribution in [0, 0.1) is 0 Å². The van der Waals surface area contributed by atoms with Gasteiger partial charge in [-0.15, -0.1) is 0 Å². The summed E-state index contributed by atoms with van der Waals surface area (Å²) < 4.78 is 27.3. The van der Waals surface area contributed by atoms with E-state index in [9.17, 15) is 4.79 Å². The first kappa shape index (κ1) is 19.4. The summed E-state index contributed by atoms with van der Waals surface area (Å²) in [5.41, 5.74) is 0. The van der Waals surface area contributed by atoms with Gasteiger partial charge in [0.25, 0.3) is 0 Å². The van der Waals surface area contributed by atoms with E-state index in [0.29, 0.717) is 39.6 Å². The van der Waals surface area contributed by atoms with Gasteiger partial charge in [0.05, 0.1) is 6.61 Å². The third-order valence-electron chi connectivity index (χ3n) is 3.07. The molecule has 0 aromatic rings. The van der Waals surface area contributed by atoms with Crippen molar-refractivity contribution in [1.82, 2.24) is 5.32 Å². The monoisotopic (exact) mass is 335 g/mol. The fourth-order valence-corrected chi connectivity index (χ4v) is 4.73. The van der Waals surface area contributed by atoms with Crippen molar-refractivity contribution >= 4 is 14.9 Å². The number of carbonyl (C=O) groups excluding carboxylic acids is 1. The van der Waals surface area contributed by atoms with E-state index in [2.05, 4.69) is 5.32 Å². The molecule has 1 heterocycles. The maximum absolute atomic E-state index is 11.4. The molecule has 0 aliphatic carbocycles. The van der Waals surface area contributed by atoms with Crippen molar-refractivity contribution in [3.63, 3.8) is 0 Å². The third kappa shape index (κ3) is 8.09. The lowest BCUT2D eigenvalue weighted by Crippen LogP contribution is -2.46. The molecule has 1 rings (SSSR count). The number of epoxide rings is 1. The van der Waals surface area contributed by atoms with E-state index < -0.39 is 14.9 Å². The molecule has 0 spiro atoms. The molecule has 0 saturated carbocycles. The van der Waals surface area contributed by atoms with Crippen LogP contribution < -0.4 is 5.32 Å². The van der Waals surface area contributed by atoms with Gasteiger partial charge in [0.2, 0.25) is 0 Å². The quantitative estimate of drug-likeness (QED) is 0.315. The Bertz CT molecular complexity index is 297. The SMILES string of the molecule is CCO[Si](CCCCNC(=O)OCC1CO1)(OCC)OCC. The minimum absolute atomic E-state index is 0.0981. The van der Waals surface area contributed by atoms with Crippen LogP contribution in [0.4, 0.5) is 4.79 Å². The molecule has 1 saturated heterocycles. The van der Waals surface area contributed by atoms with Crippen LogP contribution >= 0.6 is 0 Å². The highest BCUT2D eigenvalue weighted by Crippen LogP contribution is 2.19. The van der Waals surface area contributed by atoms with Crippen LogP contribution in [-0.2, 0) is 22.8 Å². The zero-order chi connectivity index (χ0) is 16.3. The summed E-state index contributed by atoms with van der Waals surface area (Å²) in [6.07, 6.45) is 1.41. The van der Waals surface area contributed by atoms with E-state index in [1.165, 1.54) is 0 Å². The van der Waals surface area contributed by atoms with Crippen molar-refractivity contribution in [3.05, 3.63) is 0 Å². The molecule has 1 fully saturated rings. The van der Waals surface area contributed by atoms with E-state index in [4.69, 9.17) is 22.8 Å². The fraction of sp³-hybridized carbons (Fsp3) is 0.929. The Morgan fingerprint density at radius 2 is 1.73 bits per heavy atom. The molecule has 0 bridgehead atoms. The number of carbonyl (C=O) groups is 1. The summed E-state index contributed by atoms with van der Waals surface area (Å²) in [6.45, 7) is 9.18. The van der Waals surface area contributed by atoms with Gasteiger partial charge < -0.3 is 28.1 Å². The summed E-state index contributed by atoms with van der Waals surface area (Å²) in [6, 6.07) is 0.759. The average molecular weight is 335 g/mol. The van der Waals surface area contributed by atoms with Gasteiger partial charge in [0.1, 0.15) is 12.7 Å². The molecule has 130 valence electrons. The zero-order valence-corrected chi connectivity index (χ0v) is 14.9. The third-order valence-corrected chi connectivity index (χ3v) is 6.23. The second-order valence-electron chi connectivity index (χ2n) is 4.92. The summed E-state index contributed by atoms with van der Waals surface area (Å²) in [5.74, 6) is 0. The van der Waals surface area contributed by atoms with Crippen molar-refractivity contribution in [2.45, 2.75) is 45.8 Å². The maximum Gasteiger partial charge on any atom is 0.500 e. The van der Waals surface area contributed by atoms with Crippen LogP contribution in [-0.4, -0.2) is 60.6 Å². The van der Waals surface area contributed by atoms with Crippen LogP contribution in [0.2, 0.25) is 6.04 Å². The number of nitrogens with one attached hydrogen (secondary N) is 1. The summed E-state index contributed by atoms with van der Waals surface area (Å²) in [7, 11) is -2.56. The molecule has 0 radical (unpaired) electrons. The lowest BCUT2D eigenvalue weighted by Gasteiger charge is -2.28. The molecule has 1 amide bonds. The normalized spacial score (nSPS) is 17.3. The van der Waals surface area contributed by atoms with Crippen molar-refractivity contribution in [2.75, 3.05) is 39.6 Å². The van der Waals surface area contributed by atoms with Gasteiger partial charge in [0.15, 0.2) is 0 Å². The van der Waals surface area contributed by atoms with Gasteiger partial charge in [-0.3, -0.25) is 0 Å². The molecule has 22 heavy (non-hydrogen) atoms. The summed E-state index contributed by atoms with van der Waals surface area (Å²) in [5, 5.41) is 2.72. The Labute approximate surface area is 134 Å². The number of alkyl carbamates (subject to hydrolysis) is 1. The van der Waals surface area contributed by atoms with Crippen molar-refractivity contribution in [1.29, 1.82) is 0 Å². The summed E-state index contributed by atoms with van der Waals surface area (Å²) >= 11 is 0. The molecular formula is C14H29NO6Si. The number of hydrogen-bond donors (Lipinski definition) is 1. The van der Waals surface area contributed by atoms with Gasteiger partial charge in [0, 0.05) is 32.4 Å². The number of amides is 1. The molecule has 1 N–H and O–H groups in total. The molecule has 1 aliphatic heterocycles. The lowest BCUT2D eigenvalue weighted by molar-refractivity contribution is 0.0707. The molecule has 7 nitrogen and oxygen atoms in total. The minimum Gasteiger partial charge on any atom is -0.447 e. The largest absolute Gasteiger partial charge is 0.500 e. The van der Waals surface area contributed by atoms with Crippen LogP contribution in [0.3, 0.4) is 0 Å². The van der Waals surface area contributed by atoms with E-state index >= 15 is 0 Å². The van der Waals surface area contributed by atoms with Gasteiger partial charge in [-0.25, -0.2) is 4.79 Å². The van der Waals surface area contributed by atoms with Gasteiger partial charge in [-0.1, -0.05) is 0 Å². The van der Waals surface area contributed by atoms with Crippen molar-refractivity contribution in [3.8, 4) is 0 Å². The first-order valence-electron chi connectivity index (χ1n) is 8.09. The Hall–Kier alpha value is -0.673. The molecule has 0 aromatic heterocycles. The Balaban J connectivity index is 2.16. The predicted octanol–water partition coefficient (Wildman–Crippen LogP) is 1.94. The molecule has 0 aromatic carbocycles. The second kappa shape index (κ2) is 11.0. The van der Waals surface area contributed by atoms with Gasteiger partial charge in [-0.05, 0) is 33.6 Å². The van der Waals surface area contributed by atoms with Crippen LogP contribution in [0.5, 0.6) is 0 Å². The zero-order valence-electron chi connectivity index (χ0n) is 13.9. The Morgan fingerprint density at radius 3 is 2.23 bits per heavy atom. The first-order chi connectivity index (χ1) is 10.7. The van der Waals surface area contributed by atoms with Crippen LogP contribution in [0.25, 0.3) is 0 Å². The Morgan fingerprint density at radius 1 is 1.14 bits per heavy atom. The average Bonchev–Trinajstić information content (AvgIpc) is 3.30. The molecule has 1 aliphatic rings. The smallest absolute Gasteiger partial charge is 0.447 e. The van der Waals surface area contributed by atoms with Crippen molar-refractivity contribution < 1.29 is 27.5 Å². The van der Waals surface area contributed by atoms with E-state index in [1.54, 1.807) is 0 Å². The van der Waals surface area contributed by atoms with E-state index in [1.807, 2.05) is 20.8 Å². The topological polar surface area (TPSA) is 78.6 Å². The highest BCUT2D eigenvalue weighted by atomic mass is 28.4. The maximum atomic E-state index is 11.4. The van der Waals surface area contributed by atoms with Crippen LogP contribution in [0.1, 0.15) is 33.6 Å². The van der Waals surface area contributed by atoms with Crippen molar-refractivity contribution in [2.24, 2.45) is 0 Å². The van der Waals surface area contributed by atoms with E-state index in [0.717, 1.165) is 18.9 Å². The first-order valence-corrected chi connectivity index (χ1v) is 10.0. The lowest BCUT2D eigenvalue weighted by atomic mass is 10.3. The standard InChI is InChI=1S/C14H29NO6Si/c1-4-19-22(20-5-2,21-6-3)10-8-7-9-15-14(16)18-12-13-11-17-13/h13H,4-12H2,1-3H3,(H,15,16). The fourth-order valence-electron chi connectivity index (χ4n) is 2.04. The van der Waals surface area contributed by atoms with Crippen LogP contribution in [0.15, 0.2) is 0 Å². The number of unbranched alkanes of at least 4 members (excludes halogenated alkanes) is 1. The number of rotatable bonds is 13. The highest BCUT2D eigenvalue weighted by molar-refractivity contribution is 6.60. The molecule has 8 heteroatoms. The Kier molecular flexibility index (Phi) is 9.65. The second-order valence-corrected chi connectivity index (χ2v) is 7.65. The minimum atomic E-state index is -2.56. The molecule has 1 atom stereocenters. The van der Waals surface area contributed by atoms with Gasteiger partial charge >= 0.3 is 14.9 Å². The number of hydrogen-bond acceptors (Lipinski definition) is 6. The molecular weight excluding hydrogens is 306 g/mol. The number of ether oxygens (including phenoxy) is 2.